The van der Waals surface area contributed by atoms with Crippen molar-refractivity contribution in [3.8, 4) is 0 Å². The third-order valence-electron chi connectivity index (χ3n) is 5.27. The van der Waals surface area contributed by atoms with Gasteiger partial charge in [-0.2, -0.15) is 0 Å². The van der Waals surface area contributed by atoms with E-state index in [1.54, 1.807) is 0 Å². The highest BCUT2D eigenvalue weighted by molar-refractivity contribution is 5.66. The second-order valence-corrected chi connectivity index (χ2v) is 6.80. The minimum atomic E-state index is 0.595. The zero-order chi connectivity index (χ0) is 18.8. The predicted octanol–water partition coefficient (Wildman–Crippen LogP) is 3.34. The summed E-state index contributed by atoms with van der Waals surface area (Å²) in [7, 11) is 0. The summed E-state index contributed by atoms with van der Waals surface area (Å²) in [6.07, 6.45) is 2.08. The Morgan fingerprint density at radius 3 is 2.00 bits per heavy atom. The molecule has 0 aliphatic carbocycles. The van der Waals surface area contributed by atoms with Crippen LogP contribution in [0, 0.1) is 34.3 Å². The van der Waals surface area contributed by atoms with Gasteiger partial charge in [0.1, 0.15) is 11.6 Å². The maximum absolute atomic E-state index is 7.05. The van der Waals surface area contributed by atoms with Crippen LogP contribution in [0.3, 0.4) is 0 Å². The number of rotatable bonds is 1. The van der Waals surface area contributed by atoms with Crippen molar-refractivity contribution in [3.63, 3.8) is 0 Å². The van der Waals surface area contributed by atoms with Gasteiger partial charge >= 0.3 is 0 Å². The second-order valence-electron chi connectivity index (χ2n) is 6.80. The Morgan fingerprint density at radius 1 is 0.923 bits per heavy atom. The Hall–Kier alpha value is -2.65. The van der Waals surface area contributed by atoms with Crippen LogP contribution in [0.1, 0.15) is 39.2 Å². The van der Waals surface area contributed by atoms with Crippen LogP contribution in [0.4, 0.5) is 17.3 Å². The summed E-state index contributed by atoms with van der Waals surface area (Å²) in [4.78, 5) is 12.4. The third-order valence-corrected chi connectivity index (χ3v) is 5.27. The summed E-state index contributed by atoms with van der Waals surface area (Å²) in [5, 5.41) is 6.50. The number of hydrogen-bond donors (Lipinski definition) is 3. The first-order valence-electron chi connectivity index (χ1n) is 9.02. The van der Waals surface area contributed by atoms with Crippen molar-refractivity contribution in [3.05, 3.63) is 50.6 Å². The van der Waals surface area contributed by atoms with E-state index in [0.717, 1.165) is 60.2 Å². The van der Waals surface area contributed by atoms with Gasteiger partial charge < -0.3 is 16.4 Å². The summed E-state index contributed by atoms with van der Waals surface area (Å²) in [5.41, 5.74) is 14.5. The van der Waals surface area contributed by atoms with Crippen LogP contribution in [0.25, 0.3) is 4.85 Å². The molecule has 0 fully saturated rings. The maximum Gasteiger partial charge on any atom is 0.211 e. The number of hydrogen-bond acceptors (Lipinski definition) is 5. The molecule has 0 amide bonds. The summed E-state index contributed by atoms with van der Waals surface area (Å²) in [5.74, 6) is 2.04. The van der Waals surface area contributed by atoms with E-state index < -0.39 is 0 Å². The number of anilines is 2. The van der Waals surface area contributed by atoms with E-state index in [2.05, 4.69) is 32.4 Å². The Bertz CT molecular complexity index is 890. The van der Waals surface area contributed by atoms with Crippen molar-refractivity contribution in [2.24, 2.45) is 5.73 Å². The Morgan fingerprint density at radius 2 is 1.46 bits per heavy atom. The first-order valence-corrected chi connectivity index (χ1v) is 9.02. The average Bonchev–Trinajstić information content (AvgIpc) is 3.25. The average molecular weight is 350 g/mol. The molecule has 2 aliphatic rings. The molecule has 4 N–H and O–H groups in total. The molecule has 0 radical (unpaired) electrons. The van der Waals surface area contributed by atoms with Crippen LogP contribution < -0.4 is 16.4 Å². The normalized spacial score (nSPS) is 13.7. The highest BCUT2D eigenvalue weighted by Gasteiger charge is 2.18. The lowest BCUT2D eigenvalue weighted by atomic mass is 10.0. The van der Waals surface area contributed by atoms with Crippen LogP contribution in [-0.4, -0.2) is 23.1 Å². The van der Waals surface area contributed by atoms with Gasteiger partial charge in [-0.3, -0.25) is 0 Å². The molecule has 6 heteroatoms. The zero-order valence-corrected chi connectivity index (χ0v) is 16.0. The number of aromatic nitrogens is 2. The Balaban J connectivity index is 0.000000151. The van der Waals surface area contributed by atoms with Gasteiger partial charge in [-0.05, 0) is 68.4 Å². The molecule has 0 saturated heterocycles. The third kappa shape index (κ3) is 3.11. The summed E-state index contributed by atoms with van der Waals surface area (Å²) < 4.78 is 0. The highest BCUT2D eigenvalue weighted by Crippen LogP contribution is 2.32. The molecule has 136 valence electrons. The minimum absolute atomic E-state index is 0.595. The smallest absolute Gasteiger partial charge is 0.211 e. The van der Waals surface area contributed by atoms with Crippen molar-refractivity contribution in [1.29, 1.82) is 0 Å². The fraction of sp³-hybridized carbons (Fsp3) is 0.450. The zero-order valence-electron chi connectivity index (χ0n) is 16.0. The van der Waals surface area contributed by atoms with E-state index in [0.29, 0.717) is 6.54 Å². The number of nitrogens with zero attached hydrogens (tertiary/aromatic N) is 3. The molecule has 0 aromatic carbocycles. The van der Waals surface area contributed by atoms with Gasteiger partial charge in [-0.15, -0.1) is 0 Å². The molecular formula is C20H26N6. The van der Waals surface area contributed by atoms with E-state index in [4.69, 9.17) is 12.3 Å². The van der Waals surface area contributed by atoms with Gasteiger partial charge in [-0.1, -0.05) is 0 Å². The van der Waals surface area contributed by atoms with E-state index >= 15 is 0 Å². The van der Waals surface area contributed by atoms with Crippen LogP contribution in [0.2, 0.25) is 0 Å². The van der Waals surface area contributed by atoms with Crippen LogP contribution >= 0.6 is 0 Å². The van der Waals surface area contributed by atoms with Gasteiger partial charge in [-0.25, -0.2) is 14.8 Å². The van der Waals surface area contributed by atoms with E-state index in [1.807, 2.05) is 20.8 Å². The van der Waals surface area contributed by atoms with Crippen molar-refractivity contribution < 1.29 is 0 Å². The first kappa shape index (κ1) is 18.2. The number of aryl methyl sites for hydroxylation is 2. The van der Waals surface area contributed by atoms with Crippen molar-refractivity contribution in [1.82, 2.24) is 9.97 Å². The fourth-order valence-corrected chi connectivity index (χ4v) is 3.80. The van der Waals surface area contributed by atoms with Gasteiger partial charge in [0.05, 0.1) is 6.57 Å². The molecule has 4 rings (SSSR count). The van der Waals surface area contributed by atoms with E-state index in [1.165, 1.54) is 22.3 Å². The lowest BCUT2D eigenvalue weighted by Crippen LogP contribution is -2.06. The molecule has 2 aromatic rings. The van der Waals surface area contributed by atoms with Crippen LogP contribution in [-0.2, 0) is 19.4 Å². The molecule has 0 spiro atoms. The molecule has 6 nitrogen and oxygen atoms in total. The molecule has 2 aromatic heterocycles. The first-order chi connectivity index (χ1) is 12.5. The minimum Gasteiger partial charge on any atom is -0.370 e. The predicted molar refractivity (Wildman–Crippen MR) is 106 cm³/mol. The summed E-state index contributed by atoms with van der Waals surface area (Å²) in [6.45, 7) is 17.7. The second kappa shape index (κ2) is 7.30. The van der Waals surface area contributed by atoms with Crippen molar-refractivity contribution >= 4 is 17.3 Å². The Kier molecular flexibility index (Phi) is 5.10. The SMILES string of the molecule is Cc1nc2c(c(C)c1CN)CCN2.[C-]#[N+]c1c(C)nc2c(c1C)CCN2. The fourth-order valence-electron chi connectivity index (χ4n) is 3.80. The monoisotopic (exact) mass is 350 g/mol. The summed E-state index contributed by atoms with van der Waals surface area (Å²) in [6, 6.07) is 0. The molecule has 0 unspecified atom stereocenters. The number of pyridine rings is 2. The number of fused-ring (bicyclic) bond motifs is 2. The lowest BCUT2D eigenvalue weighted by Gasteiger charge is -2.11. The van der Waals surface area contributed by atoms with Gasteiger partial charge in [0.25, 0.3) is 0 Å². The van der Waals surface area contributed by atoms with Crippen LogP contribution in [0.15, 0.2) is 0 Å². The molecular weight excluding hydrogens is 324 g/mol. The molecule has 26 heavy (non-hydrogen) atoms. The number of nitrogens with one attached hydrogen (secondary N) is 2. The van der Waals surface area contributed by atoms with Gasteiger partial charge in [0.15, 0.2) is 0 Å². The van der Waals surface area contributed by atoms with Crippen LogP contribution in [0.5, 0.6) is 0 Å². The van der Waals surface area contributed by atoms with E-state index in [-0.39, 0.29) is 0 Å². The highest BCUT2D eigenvalue weighted by atomic mass is 15.0. The van der Waals surface area contributed by atoms with Gasteiger partial charge in [0.2, 0.25) is 5.69 Å². The summed E-state index contributed by atoms with van der Waals surface area (Å²) >= 11 is 0. The molecule has 2 aliphatic heterocycles. The molecule has 0 atom stereocenters. The van der Waals surface area contributed by atoms with Crippen molar-refractivity contribution in [2.45, 2.75) is 47.1 Å². The topological polar surface area (TPSA) is 80.2 Å². The molecule has 0 saturated carbocycles. The number of nitrogens with two attached hydrogens (primary N) is 1. The molecule has 4 heterocycles. The van der Waals surface area contributed by atoms with Crippen molar-refractivity contribution in [2.75, 3.05) is 23.7 Å². The van der Waals surface area contributed by atoms with E-state index in [9.17, 15) is 0 Å². The standard InChI is InChI=1S/C10H11N3.C10H15N3/c1-6-8-4-5-12-10(8)13-7(2)9(6)11-3;1-6-8-3-4-12-10(8)13-7(2)9(6)5-11/h4-5H2,1-2H3,(H,12,13);3-5,11H2,1-2H3,(H,12,13). The Labute approximate surface area is 155 Å². The maximum atomic E-state index is 7.05. The van der Waals surface area contributed by atoms with Gasteiger partial charge in [0, 0.05) is 31.0 Å². The lowest BCUT2D eigenvalue weighted by molar-refractivity contribution is 0.975. The quantitative estimate of drug-likeness (QED) is 0.687. The largest absolute Gasteiger partial charge is 0.370 e. The molecule has 0 bridgehead atoms.